The van der Waals surface area contributed by atoms with Gasteiger partial charge in [-0.3, -0.25) is 4.79 Å². The number of dihydropyridines is 1. The Morgan fingerprint density at radius 3 is 2.65 bits per heavy atom. The van der Waals surface area contributed by atoms with Crippen LogP contribution < -0.4 is 10.4 Å². The standard InChI is InChI=1S/C18H13F3N2O3/c19-18(20,21)16-15(17(25)26)13(10-4-1-3-9(7-10)8-22)14-11(23-16)5-2-6-12(14)24/h1,3-4,7,13,23H,2,5-6H2,(H,25,26)/p-1. The molecular weight excluding hydrogens is 349 g/mol. The Morgan fingerprint density at radius 1 is 1.31 bits per heavy atom. The summed E-state index contributed by atoms with van der Waals surface area (Å²) >= 11 is 0. The lowest BCUT2D eigenvalue weighted by atomic mass is 9.75. The molecule has 134 valence electrons. The Bertz CT molecular complexity index is 907. The molecule has 0 bridgehead atoms. The molecular formula is C18H12F3N2O3-. The fraction of sp³-hybridized carbons (Fsp3) is 0.278. The average Bonchev–Trinajstić information content (AvgIpc) is 2.59. The molecule has 0 radical (unpaired) electrons. The molecule has 1 aromatic rings. The lowest BCUT2D eigenvalue weighted by molar-refractivity contribution is -0.300. The number of nitrogens with zero attached hydrogens (tertiary/aromatic N) is 1. The van der Waals surface area contributed by atoms with E-state index in [1.807, 2.05) is 6.07 Å². The number of Topliss-reactive ketones (excluding diaryl/α,β-unsaturated/α-hetero) is 1. The van der Waals surface area contributed by atoms with Gasteiger partial charge >= 0.3 is 6.18 Å². The summed E-state index contributed by atoms with van der Waals surface area (Å²) in [6.45, 7) is 0. The number of carboxylic acids is 1. The van der Waals surface area contributed by atoms with E-state index in [1.165, 1.54) is 24.3 Å². The Morgan fingerprint density at radius 2 is 2.04 bits per heavy atom. The number of alkyl halides is 3. The number of nitrogens with one attached hydrogen (secondary N) is 1. The molecule has 1 N–H and O–H groups in total. The molecule has 1 aliphatic carbocycles. The highest BCUT2D eigenvalue weighted by Crippen LogP contribution is 2.45. The van der Waals surface area contributed by atoms with Gasteiger partial charge in [-0.25, -0.2) is 0 Å². The summed E-state index contributed by atoms with van der Waals surface area (Å²) in [6.07, 6.45) is -4.26. The van der Waals surface area contributed by atoms with Crippen molar-refractivity contribution in [2.75, 3.05) is 0 Å². The zero-order chi connectivity index (χ0) is 19.1. The highest BCUT2D eigenvalue weighted by molar-refractivity contribution is 6.03. The Balaban J connectivity index is 2.30. The van der Waals surface area contributed by atoms with Crippen molar-refractivity contribution in [2.45, 2.75) is 31.4 Å². The number of carboxylic acid groups (broad SMARTS) is 1. The molecule has 5 nitrogen and oxygen atoms in total. The van der Waals surface area contributed by atoms with Crippen LogP contribution in [0.2, 0.25) is 0 Å². The summed E-state index contributed by atoms with van der Waals surface area (Å²) in [6, 6.07) is 7.43. The van der Waals surface area contributed by atoms with E-state index in [2.05, 4.69) is 5.32 Å². The number of hydrogen-bond acceptors (Lipinski definition) is 5. The van der Waals surface area contributed by atoms with Crippen molar-refractivity contribution < 1.29 is 27.9 Å². The zero-order valence-corrected chi connectivity index (χ0v) is 13.3. The third-order valence-electron chi connectivity index (χ3n) is 4.43. The number of aliphatic carboxylic acids is 1. The van der Waals surface area contributed by atoms with E-state index < -0.39 is 35.1 Å². The maximum absolute atomic E-state index is 13.5. The predicted octanol–water partition coefficient (Wildman–Crippen LogP) is 1.82. The van der Waals surface area contributed by atoms with Gasteiger partial charge < -0.3 is 15.2 Å². The van der Waals surface area contributed by atoms with Crippen LogP contribution in [0, 0.1) is 11.3 Å². The van der Waals surface area contributed by atoms with Gasteiger partial charge in [-0.05, 0) is 30.5 Å². The number of rotatable bonds is 2. The van der Waals surface area contributed by atoms with E-state index in [4.69, 9.17) is 5.26 Å². The van der Waals surface area contributed by atoms with Crippen LogP contribution in [0.4, 0.5) is 13.2 Å². The van der Waals surface area contributed by atoms with Crippen LogP contribution in [0.5, 0.6) is 0 Å². The monoisotopic (exact) mass is 361 g/mol. The maximum Gasteiger partial charge on any atom is 0.431 e. The quantitative estimate of drug-likeness (QED) is 0.867. The number of carbonyl (C=O) groups excluding carboxylic acids is 2. The van der Waals surface area contributed by atoms with Crippen LogP contribution in [0.25, 0.3) is 0 Å². The van der Waals surface area contributed by atoms with Crippen molar-refractivity contribution >= 4 is 11.8 Å². The third kappa shape index (κ3) is 2.96. The molecule has 0 saturated carbocycles. The molecule has 0 aromatic heterocycles. The van der Waals surface area contributed by atoms with E-state index >= 15 is 0 Å². The van der Waals surface area contributed by atoms with Crippen LogP contribution in [0.1, 0.15) is 36.3 Å². The molecule has 26 heavy (non-hydrogen) atoms. The summed E-state index contributed by atoms with van der Waals surface area (Å²) in [5.41, 5.74) is -2.11. The second-order valence-electron chi connectivity index (χ2n) is 6.04. The molecule has 1 unspecified atom stereocenters. The minimum atomic E-state index is -4.96. The van der Waals surface area contributed by atoms with E-state index in [9.17, 15) is 27.9 Å². The zero-order valence-electron chi connectivity index (χ0n) is 13.3. The lowest BCUT2D eigenvalue weighted by Crippen LogP contribution is -2.42. The molecule has 0 amide bonds. The number of allylic oxidation sites excluding steroid dienone is 3. The van der Waals surface area contributed by atoms with Gasteiger partial charge in [0, 0.05) is 29.2 Å². The molecule has 1 aliphatic heterocycles. The predicted molar refractivity (Wildman–Crippen MR) is 81.0 cm³/mol. The molecule has 3 rings (SSSR count). The normalized spacial score (nSPS) is 20.4. The molecule has 1 heterocycles. The minimum absolute atomic E-state index is 0.00135. The van der Waals surface area contributed by atoms with E-state index in [0.717, 1.165) is 0 Å². The summed E-state index contributed by atoms with van der Waals surface area (Å²) < 4.78 is 40.4. The number of ketones is 1. The smallest absolute Gasteiger partial charge is 0.431 e. The fourth-order valence-corrected chi connectivity index (χ4v) is 3.40. The molecule has 1 atom stereocenters. The van der Waals surface area contributed by atoms with Gasteiger partial charge in [0.2, 0.25) is 0 Å². The first-order valence-electron chi connectivity index (χ1n) is 7.80. The molecule has 0 spiro atoms. The molecule has 8 heteroatoms. The van der Waals surface area contributed by atoms with Gasteiger partial charge in [-0.15, -0.1) is 0 Å². The lowest BCUT2D eigenvalue weighted by Gasteiger charge is -2.36. The second-order valence-corrected chi connectivity index (χ2v) is 6.04. The summed E-state index contributed by atoms with van der Waals surface area (Å²) in [7, 11) is 0. The van der Waals surface area contributed by atoms with Crippen LogP contribution >= 0.6 is 0 Å². The van der Waals surface area contributed by atoms with E-state index in [0.29, 0.717) is 6.42 Å². The first kappa shape index (κ1) is 17.7. The topological polar surface area (TPSA) is 93.0 Å². The van der Waals surface area contributed by atoms with Crippen LogP contribution in [-0.2, 0) is 9.59 Å². The Labute approximate surface area is 146 Å². The number of halogens is 3. The number of benzene rings is 1. The first-order chi connectivity index (χ1) is 12.2. The van der Waals surface area contributed by atoms with Gasteiger partial charge in [0.15, 0.2) is 5.78 Å². The van der Waals surface area contributed by atoms with Crippen LogP contribution in [-0.4, -0.2) is 17.9 Å². The summed E-state index contributed by atoms with van der Waals surface area (Å²) in [4.78, 5) is 24.0. The number of nitriles is 1. The SMILES string of the molecule is N#Cc1cccc(C2C3=C(CCCC3=O)NC(C(F)(F)F)=C2C(=O)[O-])c1. The Kier molecular flexibility index (Phi) is 4.32. The van der Waals surface area contributed by atoms with E-state index in [-0.39, 0.29) is 35.2 Å². The van der Waals surface area contributed by atoms with Gasteiger partial charge in [0.25, 0.3) is 0 Å². The van der Waals surface area contributed by atoms with Crippen molar-refractivity contribution in [1.29, 1.82) is 5.26 Å². The maximum atomic E-state index is 13.5. The minimum Gasteiger partial charge on any atom is -0.545 e. The van der Waals surface area contributed by atoms with Gasteiger partial charge in [-0.2, -0.15) is 18.4 Å². The van der Waals surface area contributed by atoms with Gasteiger partial charge in [0.1, 0.15) is 5.70 Å². The van der Waals surface area contributed by atoms with Crippen molar-refractivity contribution in [2.24, 2.45) is 0 Å². The van der Waals surface area contributed by atoms with Crippen molar-refractivity contribution in [3.8, 4) is 6.07 Å². The first-order valence-corrected chi connectivity index (χ1v) is 7.80. The highest BCUT2D eigenvalue weighted by Gasteiger charge is 2.45. The Hall–Kier alpha value is -3.08. The van der Waals surface area contributed by atoms with Gasteiger partial charge in [0.05, 0.1) is 17.6 Å². The summed E-state index contributed by atoms with van der Waals surface area (Å²) in [5.74, 6) is -3.86. The molecule has 1 aromatic carbocycles. The van der Waals surface area contributed by atoms with Crippen molar-refractivity contribution in [3.05, 3.63) is 57.9 Å². The van der Waals surface area contributed by atoms with Crippen LogP contribution in [0.15, 0.2) is 46.8 Å². The second kappa shape index (κ2) is 6.33. The van der Waals surface area contributed by atoms with Crippen molar-refractivity contribution in [3.63, 3.8) is 0 Å². The van der Waals surface area contributed by atoms with Crippen LogP contribution in [0.3, 0.4) is 0 Å². The van der Waals surface area contributed by atoms with Gasteiger partial charge in [-0.1, -0.05) is 12.1 Å². The molecule has 2 aliphatic rings. The highest BCUT2D eigenvalue weighted by atomic mass is 19.4. The third-order valence-corrected chi connectivity index (χ3v) is 4.43. The average molecular weight is 361 g/mol. The fourth-order valence-electron chi connectivity index (χ4n) is 3.40. The summed E-state index contributed by atoms with van der Waals surface area (Å²) in [5, 5.41) is 22.8. The number of hydrogen-bond donors (Lipinski definition) is 1. The van der Waals surface area contributed by atoms with E-state index in [1.54, 1.807) is 0 Å². The largest absolute Gasteiger partial charge is 0.545 e. The number of carbonyl (C=O) groups is 2. The molecule has 0 fully saturated rings. The van der Waals surface area contributed by atoms with Crippen molar-refractivity contribution in [1.82, 2.24) is 5.32 Å². The molecule has 0 saturated heterocycles.